The molecule has 6 nitrogen and oxygen atoms in total. The lowest BCUT2D eigenvalue weighted by Crippen LogP contribution is -2.31. The summed E-state index contributed by atoms with van der Waals surface area (Å²) in [5, 5.41) is 0.119. The summed E-state index contributed by atoms with van der Waals surface area (Å²) in [5.74, 6) is 0.794. The predicted molar refractivity (Wildman–Crippen MR) is 119 cm³/mol. The zero-order chi connectivity index (χ0) is 21.8. The average molecular weight is 428 g/mol. The first-order chi connectivity index (χ1) is 14.4. The molecule has 0 unspecified atom stereocenters. The minimum Gasteiger partial charge on any atom is -0.493 e. The van der Waals surface area contributed by atoms with Gasteiger partial charge in [-0.1, -0.05) is 32.0 Å². The Morgan fingerprint density at radius 1 is 0.933 bits per heavy atom. The number of methoxy groups -OCH3 is 2. The number of carbonyl (C=O) groups excluding carboxylic acids is 2. The van der Waals surface area contributed by atoms with Crippen molar-refractivity contribution < 1.29 is 23.8 Å². The second kappa shape index (κ2) is 9.26. The van der Waals surface area contributed by atoms with Crippen molar-refractivity contribution in [2.75, 3.05) is 25.7 Å². The summed E-state index contributed by atoms with van der Waals surface area (Å²) < 4.78 is 16.4. The molecule has 0 radical (unpaired) electrons. The Kier molecular flexibility index (Phi) is 6.72. The Balaban J connectivity index is 2.14. The highest BCUT2D eigenvalue weighted by atomic mass is 32.2. The molecule has 0 bridgehead atoms. The Labute approximate surface area is 180 Å². The van der Waals surface area contributed by atoms with Crippen molar-refractivity contribution in [3.05, 3.63) is 52.9 Å². The van der Waals surface area contributed by atoms with Crippen molar-refractivity contribution in [2.24, 2.45) is 0 Å². The maximum atomic E-state index is 13.5. The number of thioether (sulfide) groups is 1. The van der Waals surface area contributed by atoms with E-state index < -0.39 is 0 Å². The van der Waals surface area contributed by atoms with Crippen LogP contribution in [0, 0.1) is 0 Å². The molecule has 3 rings (SSSR count). The molecule has 0 saturated heterocycles. The lowest BCUT2D eigenvalue weighted by molar-refractivity contribution is -0.119. The van der Waals surface area contributed by atoms with E-state index in [0.29, 0.717) is 45.6 Å². The number of amides is 2. The highest BCUT2D eigenvalue weighted by Gasteiger charge is 2.41. The van der Waals surface area contributed by atoms with E-state index in [1.807, 2.05) is 26.8 Å². The normalized spacial score (nSPS) is 14.0. The molecule has 0 aliphatic carbocycles. The van der Waals surface area contributed by atoms with Crippen molar-refractivity contribution in [3.8, 4) is 17.2 Å². The van der Waals surface area contributed by atoms with Crippen LogP contribution in [0.25, 0.3) is 5.57 Å². The number of rotatable bonds is 8. The van der Waals surface area contributed by atoms with E-state index in [9.17, 15) is 9.59 Å². The van der Waals surface area contributed by atoms with Crippen LogP contribution >= 0.6 is 11.8 Å². The molecule has 0 N–H and O–H groups in total. The van der Waals surface area contributed by atoms with Gasteiger partial charge in [0.25, 0.3) is 11.8 Å². The van der Waals surface area contributed by atoms with Crippen LogP contribution in [-0.2, 0) is 9.59 Å². The maximum absolute atomic E-state index is 13.5. The van der Waals surface area contributed by atoms with Crippen molar-refractivity contribution in [1.82, 2.24) is 0 Å². The van der Waals surface area contributed by atoms with Crippen LogP contribution in [0.5, 0.6) is 17.2 Å². The molecular formula is C23H25NO5S. The van der Waals surface area contributed by atoms with Gasteiger partial charge in [-0.3, -0.25) is 9.59 Å². The lowest BCUT2D eigenvalue weighted by Gasteiger charge is -2.19. The molecule has 30 heavy (non-hydrogen) atoms. The predicted octanol–water partition coefficient (Wildman–Crippen LogP) is 4.53. The molecule has 1 aliphatic rings. The Morgan fingerprint density at radius 2 is 1.63 bits per heavy atom. The summed E-state index contributed by atoms with van der Waals surface area (Å²) in [7, 11) is 3.08. The highest BCUT2D eigenvalue weighted by Crippen LogP contribution is 2.43. The fourth-order valence-electron chi connectivity index (χ4n) is 3.24. The summed E-state index contributed by atoms with van der Waals surface area (Å²) in [6, 6.07) is 12.3. The van der Waals surface area contributed by atoms with Crippen LogP contribution in [0.1, 0.15) is 26.3 Å². The molecule has 2 aromatic carbocycles. The Hall–Kier alpha value is -2.93. The fourth-order valence-corrected chi connectivity index (χ4v) is 4.23. The van der Waals surface area contributed by atoms with Gasteiger partial charge in [0.1, 0.15) is 5.75 Å². The first kappa shape index (κ1) is 21.8. The van der Waals surface area contributed by atoms with Gasteiger partial charge in [-0.2, -0.15) is 0 Å². The number of hydrogen-bond acceptors (Lipinski definition) is 6. The highest BCUT2D eigenvalue weighted by molar-refractivity contribution is 8.04. The number of ether oxygens (including phenoxy) is 3. The molecule has 7 heteroatoms. The third-order valence-electron chi connectivity index (χ3n) is 4.47. The number of nitrogens with zero attached hydrogens (tertiary/aromatic N) is 1. The molecule has 0 fully saturated rings. The van der Waals surface area contributed by atoms with E-state index in [-0.39, 0.29) is 17.1 Å². The van der Waals surface area contributed by atoms with Crippen molar-refractivity contribution in [1.29, 1.82) is 0 Å². The van der Waals surface area contributed by atoms with E-state index in [1.54, 1.807) is 43.5 Å². The maximum Gasteiger partial charge on any atom is 0.272 e. The van der Waals surface area contributed by atoms with Crippen LogP contribution in [-0.4, -0.2) is 37.9 Å². The molecule has 2 aromatic rings. The standard InChI is InChI=1S/C23H25NO5S/c1-6-29-17-10-8-7-9-16(17)24-22(25)20(21(23(24)26)30-14(2)3)15-11-12-18(27-4)19(13-15)28-5/h7-14H,6H2,1-5H3. The lowest BCUT2D eigenvalue weighted by atomic mass is 10.1. The van der Waals surface area contributed by atoms with Gasteiger partial charge in [0.2, 0.25) is 0 Å². The summed E-state index contributed by atoms with van der Waals surface area (Å²) in [5.41, 5.74) is 1.39. The van der Waals surface area contributed by atoms with E-state index in [1.165, 1.54) is 23.8 Å². The first-order valence-electron chi connectivity index (χ1n) is 9.66. The molecule has 2 amide bonds. The van der Waals surface area contributed by atoms with Gasteiger partial charge < -0.3 is 14.2 Å². The quantitative estimate of drug-likeness (QED) is 0.577. The largest absolute Gasteiger partial charge is 0.493 e. The summed E-state index contributed by atoms with van der Waals surface area (Å²) >= 11 is 1.37. The van der Waals surface area contributed by atoms with E-state index >= 15 is 0 Å². The zero-order valence-corrected chi connectivity index (χ0v) is 18.5. The molecule has 0 saturated carbocycles. The molecular weight excluding hydrogens is 402 g/mol. The number of imide groups is 1. The van der Waals surface area contributed by atoms with Gasteiger partial charge >= 0.3 is 0 Å². The number of carbonyl (C=O) groups is 2. The summed E-state index contributed by atoms with van der Waals surface area (Å²) in [6.07, 6.45) is 0. The van der Waals surface area contributed by atoms with Crippen molar-refractivity contribution >= 4 is 34.8 Å². The number of anilines is 1. The zero-order valence-electron chi connectivity index (χ0n) is 17.7. The van der Waals surface area contributed by atoms with Gasteiger partial charge in [-0.25, -0.2) is 4.90 Å². The monoisotopic (exact) mass is 427 g/mol. The van der Waals surface area contributed by atoms with Crippen molar-refractivity contribution in [2.45, 2.75) is 26.0 Å². The van der Waals surface area contributed by atoms with Crippen LogP contribution in [0.2, 0.25) is 0 Å². The second-order valence-corrected chi connectivity index (χ2v) is 8.37. The number of benzene rings is 2. The average Bonchev–Trinajstić information content (AvgIpc) is 2.97. The molecule has 1 aliphatic heterocycles. The number of hydrogen-bond donors (Lipinski definition) is 0. The molecule has 0 spiro atoms. The SMILES string of the molecule is CCOc1ccccc1N1C(=O)C(SC(C)C)=C(c2ccc(OC)c(OC)c2)C1=O. The van der Waals surface area contributed by atoms with Crippen LogP contribution in [0.15, 0.2) is 47.4 Å². The van der Waals surface area contributed by atoms with Gasteiger partial charge in [0.15, 0.2) is 11.5 Å². The second-order valence-electron chi connectivity index (χ2n) is 6.79. The Bertz CT molecular complexity index is 999. The van der Waals surface area contributed by atoms with Gasteiger partial charge in [0, 0.05) is 5.25 Å². The molecule has 0 aromatic heterocycles. The van der Waals surface area contributed by atoms with Gasteiger partial charge in [-0.05, 0) is 36.8 Å². The minimum absolute atomic E-state index is 0.119. The van der Waals surface area contributed by atoms with Crippen LogP contribution < -0.4 is 19.1 Å². The van der Waals surface area contributed by atoms with Crippen LogP contribution in [0.4, 0.5) is 5.69 Å². The summed E-state index contributed by atoms with van der Waals surface area (Å²) in [6.45, 7) is 6.26. The van der Waals surface area contributed by atoms with E-state index in [4.69, 9.17) is 14.2 Å². The van der Waals surface area contributed by atoms with Crippen LogP contribution in [0.3, 0.4) is 0 Å². The molecule has 0 atom stereocenters. The first-order valence-corrected chi connectivity index (χ1v) is 10.5. The fraction of sp³-hybridized carbons (Fsp3) is 0.304. The third kappa shape index (κ3) is 4.03. The summed E-state index contributed by atoms with van der Waals surface area (Å²) in [4.78, 5) is 28.5. The molecule has 158 valence electrons. The van der Waals surface area contributed by atoms with E-state index in [2.05, 4.69) is 0 Å². The smallest absolute Gasteiger partial charge is 0.272 e. The Morgan fingerprint density at radius 3 is 2.27 bits per heavy atom. The van der Waals surface area contributed by atoms with Gasteiger partial charge in [0.05, 0.1) is 37.0 Å². The van der Waals surface area contributed by atoms with E-state index in [0.717, 1.165) is 0 Å². The molecule has 1 heterocycles. The third-order valence-corrected chi connectivity index (χ3v) is 5.56. The number of para-hydroxylation sites is 2. The van der Waals surface area contributed by atoms with Crippen molar-refractivity contribution in [3.63, 3.8) is 0 Å². The van der Waals surface area contributed by atoms with Gasteiger partial charge in [-0.15, -0.1) is 11.8 Å². The topological polar surface area (TPSA) is 65.1 Å². The minimum atomic E-state index is -0.387.